The average molecular weight is 284 g/mol. The third-order valence-corrected chi connectivity index (χ3v) is 4.77. The highest BCUT2D eigenvalue weighted by atomic mass is 32.2. The highest BCUT2D eigenvalue weighted by Gasteiger charge is 2.25. The predicted octanol–water partition coefficient (Wildman–Crippen LogP) is 1.21. The Hall–Kier alpha value is -1.29. The van der Waals surface area contributed by atoms with Crippen molar-refractivity contribution >= 4 is 10.0 Å². The fourth-order valence-electron chi connectivity index (χ4n) is 1.86. The zero-order valence-electron chi connectivity index (χ0n) is 11.5. The van der Waals surface area contributed by atoms with Gasteiger partial charge in [0.25, 0.3) is 0 Å². The van der Waals surface area contributed by atoms with Crippen molar-refractivity contribution in [2.45, 2.75) is 38.3 Å². The molecule has 1 aromatic rings. The maximum atomic E-state index is 12.4. The maximum absolute atomic E-state index is 12.4. The summed E-state index contributed by atoms with van der Waals surface area (Å²) >= 11 is 0. The Morgan fingerprint density at radius 1 is 1.53 bits per heavy atom. The first-order valence-electron chi connectivity index (χ1n) is 6.13. The lowest BCUT2D eigenvalue weighted by atomic mass is 10.3. The van der Waals surface area contributed by atoms with Crippen molar-refractivity contribution in [2.24, 2.45) is 0 Å². The Bertz CT molecular complexity index is 567. The number of hydrogen-bond acceptors (Lipinski definition) is 3. The molecule has 0 radical (unpaired) electrons. The summed E-state index contributed by atoms with van der Waals surface area (Å²) < 4.78 is 27.8. The molecule has 0 aromatic carbocycles. The van der Waals surface area contributed by atoms with Gasteiger partial charge in [0.05, 0.1) is 13.2 Å². The van der Waals surface area contributed by atoms with Gasteiger partial charge < -0.3 is 9.67 Å². The second kappa shape index (κ2) is 6.24. The molecule has 0 atom stereocenters. The summed E-state index contributed by atoms with van der Waals surface area (Å²) in [5.41, 5.74) is 0.574. The fourth-order valence-corrected chi connectivity index (χ4v) is 3.28. The molecule has 0 spiro atoms. The minimum atomic E-state index is -3.60. The number of sulfonamides is 1. The van der Waals surface area contributed by atoms with Crippen LogP contribution in [0.3, 0.4) is 0 Å². The van der Waals surface area contributed by atoms with E-state index >= 15 is 0 Å². The van der Waals surface area contributed by atoms with Gasteiger partial charge in [-0.1, -0.05) is 12.8 Å². The predicted molar refractivity (Wildman–Crippen MR) is 74.0 cm³/mol. The second-order valence-electron chi connectivity index (χ2n) is 4.46. The number of aliphatic hydroxyl groups is 1. The molecule has 0 unspecified atom stereocenters. The largest absolute Gasteiger partial charge is 0.390 e. The molecule has 0 saturated heterocycles. The molecule has 1 N–H and O–H groups in total. The fraction of sp³-hybridized carbons (Fsp3) is 0.538. The Kier molecular flexibility index (Phi) is 5.18. The van der Waals surface area contributed by atoms with Crippen molar-refractivity contribution < 1.29 is 13.5 Å². The minimum absolute atomic E-state index is 0.0418. The summed E-state index contributed by atoms with van der Waals surface area (Å²) in [4.78, 5) is 0.169. The van der Waals surface area contributed by atoms with Crippen LogP contribution >= 0.6 is 0 Å². The monoisotopic (exact) mass is 284 g/mol. The van der Waals surface area contributed by atoms with Crippen LogP contribution in [0.15, 0.2) is 17.2 Å². The van der Waals surface area contributed by atoms with Crippen molar-refractivity contribution in [3.05, 3.63) is 18.0 Å². The quantitative estimate of drug-likeness (QED) is 0.799. The summed E-state index contributed by atoms with van der Waals surface area (Å²) in [6.45, 7) is 5.74. The van der Waals surface area contributed by atoms with E-state index in [0.29, 0.717) is 12.2 Å². The molecule has 0 aliphatic carbocycles. The summed E-state index contributed by atoms with van der Waals surface area (Å²) in [5.74, 6) is 2.34. The lowest BCUT2D eigenvalue weighted by Gasteiger charge is -2.16. The third-order valence-electron chi connectivity index (χ3n) is 2.88. The first kappa shape index (κ1) is 15.8. The maximum Gasteiger partial charge on any atom is 0.245 e. The van der Waals surface area contributed by atoms with Crippen LogP contribution < -0.4 is 0 Å². The first-order valence-corrected chi connectivity index (χ1v) is 7.57. The molecule has 106 valence electrons. The topological polar surface area (TPSA) is 62.5 Å². The minimum Gasteiger partial charge on any atom is -0.390 e. The van der Waals surface area contributed by atoms with Crippen LogP contribution in [0.2, 0.25) is 0 Å². The average Bonchev–Trinajstić information content (AvgIpc) is 2.80. The van der Waals surface area contributed by atoms with E-state index in [1.54, 1.807) is 17.7 Å². The van der Waals surface area contributed by atoms with E-state index in [-0.39, 0.29) is 24.1 Å². The van der Waals surface area contributed by atoms with Crippen LogP contribution in [0, 0.1) is 12.3 Å². The van der Waals surface area contributed by atoms with Gasteiger partial charge in [0, 0.05) is 24.5 Å². The lowest BCUT2D eigenvalue weighted by molar-refractivity contribution is 0.268. The molecular weight excluding hydrogens is 264 g/mol. The molecule has 1 aromatic heterocycles. The highest BCUT2D eigenvalue weighted by molar-refractivity contribution is 7.89. The van der Waals surface area contributed by atoms with E-state index < -0.39 is 10.0 Å². The van der Waals surface area contributed by atoms with Crippen molar-refractivity contribution in [3.8, 4) is 12.3 Å². The number of aromatic nitrogens is 1. The van der Waals surface area contributed by atoms with Crippen molar-refractivity contribution in [1.29, 1.82) is 0 Å². The molecule has 0 bridgehead atoms. The van der Waals surface area contributed by atoms with Gasteiger partial charge in [0.1, 0.15) is 4.90 Å². The van der Waals surface area contributed by atoms with Crippen molar-refractivity contribution in [3.63, 3.8) is 0 Å². The first-order chi connectivity index (χ1) is 8.88. The van der Waals surface area contributed by atoms with Crippen LogP contribution in [0.25, 0.3) is 0 Å². The molecule has 0 aliphatic rings. The van der Waals surface area contributed by atoms with E-state index in [9.17, 15) is 13.5 Å². The van der Waals surface area contributed by atoms with Crippen LogP contribution in [-0.2, 0) is 16.6 Å². The van der Waals surface area contributed by atoms with E-state index in [2.05, 4.69) is 5.92 Å². The number of nitrogens with zero attached hydrogens (tertiary/aromatic N) is 2. The molecule has 0 saturated carbocycles. The zero-order chi connectivity index (χ0) is 14.6. The van der Waals surface area contributed by atoms with Gasteiger partial charge in [-0.15, -0.1) is 6.42 Å². The van der Waals surface area contributed by atoms with Crippen LogP contribution in [0.1, 0.15) is 32.5 Å². The number of aliphatic hydroxyl groups excluding tert-OH is 1. The van der Waals surface area contributed by atoms with E-state index in [1.165, 1.54) is 10.4 Å². The smallest absolute Gasteiger partial charge is 0.245 e. The molecule has 0 amide bonds. The molecular formula is C13H20N2O3S. The summed E-state index contributed by atoms with van der Waals surface area (Å²) in [5, 5.41) is 9.28. The Morgan fingerprint density at radius 3 is 2.53 bits per heavy atom. The summed E-state index contributed by atoms with van der Waals surface area (Å²) in [7, 11) is -3.60. The number of hydrogen-bond donors (Lipinski definition) is 1. The number of terminal acetylenes is 1. The Labute approximate surface area is 114 Å². The van der Waals surface area contributed by atoms with Gasteiger partial charge in [0.15, 0.2) is 0 Å². The molecule has 19 heavy (non-hydrogen) atoms. The highest BCUT2D eigenvalue weighted by Crippen LogP contribution is 2.22. The van der Waals surface area contributed by atoms with Gasteiger partial charge in [-0.25, -0.2) is 8.42 Å². The van der Waals surface area contributed by atoms with Gasteiger partial charge >= 0.3 is 0 Å². The molecule has 0 aliphatic heterocycles. The van der Waals surface area contributed by atoms with E-state index in [1.807, 2.05) is 13.8 Å². The second-order valence-corrected chi connectivity index (χ2v) is 6.40. The normalized spacial score (nSPS) is 12.1. The van der Waals surface area contributed by atoms with Crippen LogP contribution in [0.5, 0.6) is 0 Å². The third kappa shape index (κ3) is 3.18. The van der Waals surface area contributed by atoms with Gasteiger partial charge in [-0.05, 0) is 19.9 Å². The van der Waals surface area contributed by atoms with E-state index in [4.69, 9.17) is 6.42 Å². The van der Waals surface area contributed by atoms with Gasteiger partial charge in [-0.3, -0.25) is 0 Å². The standard InChI is InChI=1S/C13H20N2O3S/c1-5-7-14(6-2)19(17,18)13-8-12(10-16)15(9-13)11(3)4/h1,8-9,11,16H,6-7,10H2,2-4H3. The van der Waals surface area contributed by atoms with Gasteiger partial charge in [-0.2, -0.15) is 4.31 Å². The van der Waals surface area contributed by atoms with Crippen LogP contribution in [-0.4, -0.2) is 35.5 Å². The molecule has 0 fully saturated rings. The van der Waals surface area contributed by atoms with Gasteiger partial charge in [0.2, 0.25) is 10.0 Å². The molecule has 1 rings (SSSR count). The number of rotatable bonds is 6. The lowest BCUT2D eigenvalue weighted by Crippen LogP contribution is -2.31. The SMILES string of the molecule is C#CCN(CC)S(=O)(=O)c1cc(CO)n(C(C)C)c1. The Balaban J connectivity index is 3.26. The van der Waals surface area contributed by atoms with Crippen molar-refractivity contribution in [2.75, 3.05) is 13.1 Å². The van der Waals surface area contributed by atoms with Crippen molar-refractivity contribution in [1.82, 2.24) is 8.87 Å². The summed E-state index contributed by atoms with van der Waals surface area (Å²) in [6.07, 6.45) is 6.73. The Morgan fingerprint density at radius 2 is 2.16 bits per heavy atom. The molecule has 1 heterocycles. The van der Waals surface area contributed by atoms with E-state index in [0.717, 1.165) is 0 Å². The molecule has 5 nitrogen and oxygen atoms in total. The van der Waals surface area contributed by atoms with Crippen LogP contribution in [0.4, 0.5) is 0 Å². The molecule has 6 heteroatoms. The summed E-state index contributed by atoms with van der Waals surface area (Å²) in [6, 6.07) is 1.57. The zero-order valence-corrected chi connectivity index (χ0v) is 12.3.